The van der Waals surface area contributed by atoms with E-state index in [2.05, 4.69) is 0 Å². The first-order valence-electron chi connectivity index (χ1n) is 13.1. The molecule has 0 radical (unpaired) electrons. The number of morpholine rings is 2. The first-order chi connectivity index (χ1) is 18.5. The Morgan fingerprint density at radius 2 is 0.974 bits per heavy atom. The maximum atomic E-state index is 13.1. The van der Waals surface area contributed by atoms with E-state index in [0.29, 0.717) is 37.7 Å². The fraction of sp³-hybridized carbons (Fsp3) is 0.500. The standard InChI is InChI=1S/C28H36N2O8S/c1-19-13-29(14-20(2)37-19)27(31)17-35-23-5-9-25(10-6-23)39(33,34)26-11-7-24(8-12-26)36-18-28(32)30-15-21(3)38-22(4)16-30/h5-12,19-22H,13-18H2,1-4H3. The van der Waals surface area contributed by atoms with Crippen LogP contribution in [0.25, 0.3) is 0 Å². The van der Waals surface area contributed by atoms with Gasteiger partial charge in [-0.2, -0.15) is 0 Å². The number of hydrogen-bond donors (Lipinski definition) is 0. The number of carbonyl (C=O) groups excluding carboxylic acids is 2. The van der Waals surface area contributed by atoms with Crippen molar-refractivity contribution in [3.63, 3.8) is 0 Å². The topological polar surface area (TPSA) is 112 Å². The van der Waals surface area contributed by atoms with Gasteiger partial charge in [0.25, 0.3) is 11.8 Å². The van der Waals surface area contributed by atoms with Gasteiger partial charge < -0.3 is 28.7 Å². The van der Waals surface area contributed by atoms with Crippen molar-refractivity contribution in [3.8, 4) is 11.5 Å². The zero-order chi connectivity index (χ0) is 28.2. The lowest BCUT2D eigenvalue weighted by atomic mass is 10.2. The summed E-state index contributed by atoms with van der Waals surface area (Å²) in [6, 6.07) is 11.9. The molecule has 2 heterocycles. The van der Waals surface area contributed by atoms with Gasteiger partial charge in [0.05, 0.1) is 34.2 Å². The van der Waals surface area contributed by atoms with Crippen LogP contribution in [0.2, 0.25) is 0 Å². The minimum atomic E-state index is -3.78. The lowest BCUT2D eigenvalue weighted by Crippen LogP contribution is -2.49. The summed E-state index contributed by atoms with van der Waals surface area (Å²) in [5, 5.41) is 0. The largest absolute Gasteiger partial charge is 0.484 e. The second-order valence-electron chi connectivity index (χ2n) is 10.1. The van der Waals surface area contributed by atoms with Gasteiger partial charge >= 0.3 is 0 Å². The summed E-state index contributed by atoms with van der Waals surface area (Å²) in [6.07, 6.45) is -0.136. The molecule has 4 rings (SSSR count). The highest BCUT2D eigenvalue weighted by molar-refractivity contribution is 7.91. The Kier molecular flexibility index (Phi) is 9.14. The van der Waals surface area contributed by atoms with Gasteiger partial charge in [-0.05, 0) is 76.2 Å². The van der Waals surface area contributed by atoms with Gasteiger partial charge in [-0.1, -0.05) is 0 Å². The van der Waals surface area contributed by atoms with Crippen molar-refractivity contribution in [3.05, 3.63) is 48.5 Å². The SMILES string of the molecule is CC1CN(C(=O)COc2ccc(S(=O)(=O)c3ccc(OCC(=O)N4CC(C)OC(C)C4)cc3)cc2)CC(C)O1. The van der Waals surface area contributed by atoms with Gasteiger partial charge in [0.2, 0.25) is 9.84 Å². The third kappa shape index (κ3) is 7.49. The van der Waals surface area contributed by atoms with Crippen LogP contribution in [-0.2, 0) is 28.9 Å². The first-order valence-corrected chi connectivity index (χ1v) is 14.6. The van der Waals surface area contributed by atoms with E-state index in [4.69, 9.17) is 18.9 Å². The van der Waals surface area contributed by atoms with E-state index in [0.717, 1.165) is 0 Å². The Balaban J connectivity index is 1.30. The van der Waals surface area contributed by atoms with Gasteiger partial charge in [-0.3, -0.25) is 9.59 Å². The number of carbonyl (C=O) groups is 2. The minimum Gasteiger partial charge on any atom is -0.484 e. The molecule has 2 amide bonds. The Hall–Kier alpha value is -3.15. The normalized spacial score (nSPS) is 23.8. The molecule has 39 heavy (non-hydrogen) atoms. The summed E-state index contributed by atoms with van der Waals surface area (Å²) in [6.45, 7) is 9.45. The average molecular weight is 561 g/mol. The summed E-state index contributed by atoms with van der Waals surface area (Å²) in [5.41, 5.74) is 0. The van der Waals surface area contributed by atoms with Crippen molar-refractivity contribution in [1.82, 2.24) is 9.80 Å². The Morgan fingerprint density at radius 3 is 1.28 bits per heavy atom. The molecule has 0 aliphatic carbocycles. The minimum absolute atomic E-state index is 0.0340. The van der Waals surface area contributed by atoms with E-state index >= 15 is 0 Å². The van der Waals surface area contributed by atoms with Gasteiger partial charge in [0.1, 0.15) is 11.5 Å². The van der Waals surface area contributed by atoms with Crippen LogP contribution in [0, 0.1) is 0 Å². The predicted molar refractivity (Wildman–Crippen MR) is 143 cm³/mol. The second kappa shape index (κ2) is 12.4. The van der Waals surface area contributed by atoms with E-state index in [-0.39, 0.29) is 59.2 Å². The van der Waals surface area contributed by atoms with Crippen molar-refractivity contribution >= 4 is 21.7 Å². The van der Waals surface area contributed by atoms with Crippen LogP contribution in [0.4, 0.5) is 0 Å². The van der Waals surface area contributed by atoms with Crippen molar-refractivity contribution < 1.29 is 37.0 Å². The Labute approximate surface area is 229 Å². The maximum absolute atomic E-state index is 13.1. The Morgan fingerprint density at radius 1 is 0.667 bits per heavy atom. The van der Waals surface area contributed by atoms with E-state index in [1.807, 2.05) is 27.7 Å². The maximum Gasteiger partial charge on any atom is 0.260 e. The van der Waals surface area contributed by atoms with Gasteiger partial charge in [0.15, 0.2) is 13.2 Å². The van der Waals surface area contributed by atoms with Crippen LogP contribution >= 0.6 is 0 Å². The number of sulfone groups is 1. The van der Waals surface area contributed by atoms with Gasteiger partial charge in [-0.25, -0.2) is 8.42 Å². The molecule has 0 spiro atoms. The molecule has 0 aromatic heterocycles. The molecule has 2 aromatic rings. The van der Waals surface area contributed by atoms with E-state index in [1.165, 1.54) is 48.5 Å². The number of ether oxygens (including phenoxy) is 4. The van der Waals surface area contributed by atoms with Crippen LogP contribution in [0.15, 0.2) is 58.3 Å². The van der Waals surface area contributed by atoms with Crippen molar-refractivity contribution in [2.75, 3.05) is 39.4 Å². The molecule has 4 unspecified atom stereocenters. The van der Waals surface area contributed by atoms with Crippen molar-refractivity contribution in [2.24, 2.45) is 0 Å². The fourth-order valence-corrected chi connectivity index (χ4v) is 6.06. The van der Waals surface area contributed by atoms with Crippen molar-refractivity contribution in [2.45, 2.75) is 61.9 Å². The third-order valence-corrected chi connectivity index (χ3v) is 8.32. The molecule has 0 saturated carbocycles. The van der Waals surface area contributed by atoms with Crippen LogP contribution in [0.1, 0.15) is 27.7 Å². The first kappa shape index (κ1) is 28.8. The van der Waals surface area contributed by atoms with E-state index < -0.39 is 9.84 Å². The highest BCUT2D eigenvalue weighted by Crippen LogP contribution is 2.25. The molecule has 4 atom stereocenters. The average Bonchev–Trinajstić information content (AvgIpc) is 2.89. The molecule has 2 aliphatic rings. The van der Waals surface area contributed by atoms with Crippen LogP contribution in [-0.4, -0.2) is 93.8 Å². The molecule has 2 fully saturated rings. The number of amides is 2. The molecule has 2 aromatic carbocycles. The molecular formula is C28H36N2O8S. The smallest absolute Gasteiger partial charge is 0.260 e. The van der Waals surface area contributed by atoms with Crippen LogP contribution in [0.3, 0.4) is 0 Å². The summed E-state index contributed by atoms with van der Waals surface area (Å²) >= 11 is 0. The number of hydrogen-bond acceptors (Lipinski definition) is 8. The molecule has 10 nitrogen and oxygen atoms in total. The van der Waals surface area contributed by atoms with Crippen LogP contribution in [0.5, 0.6) is 11.5 Å². The lowest BCUT2D eigenvalue weighted by molar-refractivity contribution is -0.145. The Bertz CT molecular complexity index is 1140. The monoisotopic (exact) mass is 560 g/mol. The number of benzene rings is 2. The quantitative estimate of drug-likeness (QED) is 0.484. The predicted octanol–water partition coefficient (Wildman–Crippen LogP) is 2.55. The van der Waals surface area contributed by atoms with Gasteiger partial charge in [-0.15, -0.1) is 0 Å². The van der Waals surface area contributed by atoms with Crippen molar-refractivity contribution in [1.29, 1.82) is 0 Å². The number of rotatable bonds is 8. The summed E-state index contributed by atoms with van der Waals surface area (Å²) in [4.78, 5) is 28.6. The second-order valence-corrected chi connectivity index (χ2v) is 12.1. The molecular weight excluding hydrogens is 524 g/mol. The molecule has 0 N–H and O–H groups in total. The molecule has 0 bridgehead atoms. The zero-order valence-corrected chi connectivity index (χ0v) is 23.6. The molecule has 2 aliphatic heterocycles. The molecule has 212 valence electrons. The number of nitrogens with zero attached hydrogens (tertiary/aromatic N) is 2. The molecule has 11 heteroatoms. The van der Waals surface area contributed by atoms with Gasteiger partial charge in [0, 0.05) is 26.2 Å². The lowest BCUT2D eigenvalue weighted by Gasteiger charge is -2.35. The zero-order valence-electron chi connectivity index (χ0n) is 22.7. The molecule has 2 saturated heterocycles. The van der Waals surface area contributed by atoms with E-state index in [9.17, 15) is 18.0 Å². The summed E-state index contributed by atoms with van der Waals surface area (Å²) in [7, 11) is -3.78. The summed E-state index contributed by atoms with van der Waals surface area (Å²) in [5.74, 6) is 0.502. The third-order valence-electron chi connectivity index (χ3n) is 6.54. The summed E-state index contributed by atoms with van der Waals surface area (Å²) < 4.78 is 48.7. The fourth-order valence-electron chi connectivity index (χ4n) is 4.80. The van der Waals surface area contributed by atoms with E-state index in [1.54, 1.807) is 9.80 Å². The highest BCUT2D eigenvalue weighted by Gasteiger charge is 2.27. The highest BCUT2D eigenvalue weighted by atomic mass is 32.2. The van der Waals surface area contributed by atoms with Crippen LogP contribution < -0.4 is 9.47 Å².